The van der Waals surface area contributed by atoms with Crippen LogP contribution in [0.1, 0.15) is 50.2 Å². The summed E-state index contributed by atoms with van der Waals surface area (Å²) in [7, 11) is 0. The largest absolute Gasteiger partial charge is 0.490 e. The molecule has 2 fully saturated rings. The Morgan fingerprint density at radius 3 is 2.53 bits per heavy atom. The third kappa shape index (κ3) is 10.4. The van der Waals surface area contributed by atoms with Crippen molar-refractivity contribution in [1.82, 2.24) is 20.5 Å². The van der Waals surface area contributed by atoms with Gasteiger partial charge in [-0.25, -0.2) is 0 Å². The highest BCUT2D eigenvalue weighted by atomic mass is 35.5. The van der Waals surface area contributed by atoms with E-state index in [1.165, 1.54) is 11.8 Å². The van der Waals surface area contributed by atoms with E-state index < -0.39 is 36.9 Å². The van der Waals surface area contributed by atoms with Crippen molar-refractivity contribution in [3.63, 3.8) is 0 Å². The number of para-hydroxylation sites is 1. The molecule has 0 unspecified atom stereocenters. The topological polar surface area (TPSA) is 185 Å². The van der Waals surface area contributed by atoms with E-state index in [2.05, 4.69) is 27.8 Å². The number of hydrogen-bond acceptors (Lipinski definition) is 11. The summed E-state index contributed by atoms with van der Waals surface area (Å²) in [5.41, 5.74) is 4.01. The normalized spacial score (nSPS) is 17.2. The molecule has 51 heavy (non-hydrogen) atoms. The number of benzene rings is 2. The molecule has 7 N–H and O–H groups in total. The first kappa shape index (κ1) is 38.9. The summed E-state index contributed by atoms with van der Waals surface area (Å²) in [5.74, 6) is 0.340. The number of amides is 2. The van der Waals surface area contributed by atoms with E-state index in [9.17, 15) is 30.0 Å². The van der Waals surface area contributed by atoms with Gasteiger partial charge in [0.1, 0.15) is 24.1 Å². The van der Waals surface area contributed by atoms with Crippen LogP contribution >= 0.6 is 23.4 Å². The number of nitrogens with zero attached hydrogens (tertiary/aromatic N) is 2. The lowest BCUT2D eigenvalue weighted by atomic mass is 9.94. The Labute approximate surface area is 307 Å². The fourth-order valence-electron chi connectivity index (χ4n) is 5.88. The average Bonchev–Trinajstić information content (AvgIpc) is 4.09. The van der Waals surface area contributed by atoms with Gasteiger partial charge in [0.25, 0.3) is 5.91 Å². The van der Waals surface area contributed by atoms with Gasteiger partial charge in [-0.15, -0.1) is 11.8 Å². The van der Waals surface area contributed by atoms with Gasteiger partial charge in [0.2, 0.25) is 5.91 Å². The van der Waals surface area contributed by atoms with E-state index in [1.807, 2.05) is 48.8 Å². The molecule has 5 rings (SSSR count). The second kappa shape index (κ2) is 18.0. The van der Waals surface area contributed by atoms with Crippen LogP contribution in [0, 0.1) is 0 Å². The predicted octanol–water partition coefficient (Wildman–Crippen LogP) is 2.60. The molecule has 2 aliphatic rings. The van der Waals surface area contributed by atoms with Crippen molar-refractivity contribution in [2.75, 3.05) is 32.0 Å². The highest BCUT2D eigenvalue weighted by Crippen LogP contribution is 2.50. The molecular weight excluding hydrogens is 696 g/mol. The number of carbonyl (C=O) groups excluding carboxylic acids is 2. The molecule has 1 heterocycles. The Balaban J connectivity index is 1.19. The monoisotopic (exact) mass is 742 g/mol. The summed E-state index contributed by atoms with van der Waals surface area (Å²) in [4.78, 5) is 31.2. The smallest absolute Gasteiger partial charge is 0.254 e. The first-order valence-electron chi connectivity index (χ1n) is 17.3. The van der Waals surface area contributed by atoms with Crippen LogP contribution in [0.2, 0.25) is 5.02 Å². The van der Waals surface area contributed by atoms with E-state index in [0.717, 1.165) is 58.6 Å². The van der Waals surface area contributed by atoms with Crippen molar-refractivity contribution in [3.8, 4) is 16.9 Å². The number of aromatic nitrogens is 1. The summed E-state index contributed by atoms with van der Waals surface area (Å²) in [6.45, 7) is 1.40. The minimum atomic E-state index is -2.04. The van der Waals surface area contributed by atoms with E-state index in [1.54, 1.807) is 11.8 Å². The highest BCUT2D eigenvalue weighted by Gasteiger charge is 2.46. The Morgan fingerprint density at radius 2 is 1.82 bits per heavy atom. The fourth-order valence-corrected chi connectivity index (χ4v) is 6.96. The van der Waals surface area contributed by atoms with Crippen LogP contribution in [0.25, 0.3) is 11.1 Å². The number of ether oxygens (including phenoxy) is 1. The van der Waals surface area contributed by atoms with E-state index >= 15 is 0 Å². The van der Waals surface area contributed by atoms with E-state index in [-0.39, 0.29) is 37.2 Å². The number of thioether (sulfide) groups is 1. The lowest BCUT2D eigenvalue weighted by Gasteiger charge is -2.30. The second-order valence-electron chi connectivity index (χ2n) is 13.1. The Hall–Kier alpha value is -3.27. The van der Waals surface area contributed by atoms with Gasteiger partial charge in [0, 0.05) is 66.5 Å². The van der Waals surface area contributed by atoms with Gasteiger partial charge in [-0.2, -0.15) is 0 Å². The summed E-state index contributed by atoms with van der Waals surface area (Å²) in [5, 5.41) is 56.4. The van der Waals surface area contributed by atoms with Crippen LogP contribution in [0.4, 0.5) is 0 Å². The number of halogens is 1. The molecule has 2 aliphatic carbocycles. The lowest BCUT2D eigenvalue weighted by molar-refractivity contribution is -0.158. The maximum atomic E-state index is 13.1. The van der Waals surface area contributed by atoms with Crippen LogP contribution in [0.15, 0.2) is 65.8 Å². The number of pyridine rings is 1. The Kier molecular flexibility index (Phi) is 13.7. The van der Waals surface area contributed by atoms with Gasteiger partial charge in [0.05, 0.1) is 12.7 Å². The molecule has 12 nitrogen and oxygen atoms in total. The molecule has 0 saturated heterocycles. The van der Waals surface area contributed by atoms with Gasteiger partial charge in [-0.1, -0.05) is 29.8 Å². The Bertz CT molecular complexity index is 1640. The van der Waals surface area contributed by atoms with Crippen LogP contribution in [0.5, 0.6) is 5.75 Å². The number of nitrogens with one attached hydrogen (secondary N) is 2. The van der Waals surface area contributed by atoms with Crippen molar-refractivity contribution >= 4 is 35.2 Å². The van der Waals surface area contributed by atoms with Gasteiger partial charge < -0.3 is 45.8 Å². The van der Waals surface area contributed by atoms with Gasteiger partial charge in [0.15, 0.2) is 6.10 Å². The third-order valence-corrected chi connectivity index (χ3v) is 10.6. The molecule has 0 spiro atoms. The van der Waals surface area contributed by atoms with E-state index in [4.69, 9.17) is 21.4 Å². The highest BCUT2D eigenvalue weighted by molar-refractivity contribution is 7.99. The van der Waals surface area contributed by atoms with Crippen molar-refractivity contribution in [2.24, 2.45) is 0 Å². The summed E-state index contributed by atoms with van der Waals surface area (Å²) in [6, 6.07) is 16.1. The zero-order valence-corrected chi connectivity index (χ0v) is 30.2. The van der Waals surface area contributed by atoms with Crippen molar-refractivity contribution in [2.45, 2.75) is 86.5 Å². The summed E-state index contributed by atoms with van der Waals surface area (Å²) < 4.78 is 6.25. The van der Waals surface area contributed by atoms with Gasteiger partial charge in [-0.05, 0) is 84.9 Å². The number of hydrogen-bond donors (Lipinski definition) is 7. The number of aliphatic hydroxyl groups is 5. The summed E-state index contributed by atoms with van der Waals surface area (Å²) >= 11 is 8.24. The maximum Gasteiger partial charge on any atom is 0.254 e. The minimum Gasteiger partial charge on any atom is -0.490 e. The van der Waals surface area contributed by atoms with Gasteiger partial charge >= 0.3 is 0 Å². The third-order valence-electron chi connectivity index (χ3n) is 9.13. The maximum absolute atomic E-state index is 13.1. The van der Waals surface area contributed by atoms with Gasteiger partial charge in [-0.3, -0.25) is 14.6 Å². The zero-order chi connectivity index (χ0) is 36.5. The van der Waals surface area contributed by atoms with Crippen LogP contribution < -0.4 is 15.4 Å². The van der Waals surface area contributed by atoms with Crippen molar-refractivity contribution < 1.29 is 39.9 Å². The SMILES string of the molecule is CC(=O)NCCN(CCCSc1ccc(Cl)c(CNC2(c3cnccc3-c3ccccc3OC3CC3)CC2)c1)C(=O)[C@@H](O)[C@@H](O)[C@H](O)[C@@H](O)CO. The molecule has 3 aromatic rings. The molecule has 0 bridgehead atoms. The van der Waals surface area contributed by atoms with Crippen LogP contribution in [0.3, 0.4) is 0 Å². The molecule has 2 amide bonds. The molecule has 0 radical (unpaired) electrons. The lowest BCUT2D eigenvalue weighted by Crippen LogP contribution is -2.53. The Morgan fingerprint density at radius 1 is 1.06 bits per heavy atom. The average molecular weight is 743 g/mol. The number of carbonyl (C=O) groups is 2. The molecule has 1 aromatic heterocycles. The quantitative estimate of drug-likeness (QED) is 0.0667. The second-order valence-corrected chi connectivity index (χ2v) is 14.7. The fraction of sp³-hybridized carbons (Fsp3) is 0.486. The van der Waals surface area contributed by atoms with E-state index in [0.29, 0.717) is 23.7 Å². The first-order chi connectivity index (χ1) is 24.5. The van der Waals surface area contributed by atoms with Crippen LogP contribution in [-0.4, -0.2) is 110 Å². The number of rotatable bonds is 20. The van der Waals surface area contributed by atoms with Crippen LogP contribution in [-0.2, 0) is 21.7 Å². The molecule has 2 aromatic carbocycles. The first-order valence-corrected chi connectivity index (χ1v) is 18.6. The number of aliphatic hydroxyl groups excluding tert-OH is 5. The molecule has 4 atom stereocenters. The zero-order valence-electron chi connectivity index (χ0n) is 28.6. The molecule has 0 aliphatic heterocycles. The summed E-state index contributed by atoms with van der Waals surface area (Å²) in [6.07, 6.45) is 0.933. The minimum absolute atomic E-state index is 0.0573. The molecule has 276 valence electrons. The molecular formula is C37H47ClN4O8S. The molecule has 2 saturated carbocycles. The predicted molar refractivity (Wildman–Crippen MR) is 194 cm³/mol. The van der Waals surface area contributed by atoms with Crippen molar-refractivity contribution in [1.29, 1.82) is 0 Å². The molecule has 14 heteroatoms. The standard InChI is InChI=1S/C37H47ClN4O8S/c1-23(44)40-15-17-42(36(49)35(48)34(47)33(46)31(45)22-43)16-4-18-51-26-9-10-30(38)24(19-26)20-41-37(12-13-37)29-21-39-14-11-27(29)28-5-2-3-6-32(28)50-25-7-8-25/h2-3,5-6,9-11,14,19,21,25,31,33-35,41,43,45-48H,4,7-8,12-13,15-18,20,22H2,1H3,(H,40,44)/t31-,33+,34-,35-/m0/s1. The van der Waals surface area contributed by atoms with Crippen molar-refractivity contribution in [3.05, 3.63) is 77.1 Å².